The smallest absolute Gasteiger partial charge is 0.325 e. The zero-order valence-electron chi connectivity index (χ0n) is 15.3. The quantitative estimate of drug-likeness (QED) is 0.116. The first-order chi connectivity index (χ1) is 13.6. The van der Waals surface area contributed by atoms with Gasteiger partial charge in [-0.2, -0.15) is 5.10 Å². The molecule has 0 aromatic heterocycles. The highest BCUT2D eigenvalue weighted by molar-refractivity contribution is 5.99. The van der Waals surface area contributed by atoms with E-state index in [0.29, 0.717) is 5.75 Å². The van der Waals surface area contributed by atoms with Gasteiger partial charge in [-0.05, 0) is 28.8 Å². The van der Waals surface area contributed by atoms with Gasteiger partial charge in [0.05, 0.1) is 6.54 Å². The average molecular weight is 374 g/mol. The van der Waals surface area contributed by atoms with Crippen LogP contribution in [-0.4, -0.2) is 18.3 Å². The summed E-state index contributed by atoms with van der Waals surface area (Å²) in [6.07, 6.45) is 0. The summed E-state index contributed by atoms with van der Waals surface area (Å²) in [6.45, 7) is -0.188. The molecule has 0 radical (unpaired) electrons. The third-order valence-electron chi connectivity index (χ3n) is 4.62. The predicted octanol–water partition coefficient (Wildman–Crippen LogP) is 2.12. The second kappa shape index (κ2) is 8.37. The van der Waals surface area contributed by atoms with Crippen molar-refractivity contribution in [3.05, 3.63) is 102 Å². The van der Waals surface area contributed by atoms with E-state index in [4.69, 9.17) is 22.0 Å². The van der Waals surface area contributed by atoms with Gasteiger partial charge in [0.2, 0.25) is 0 Å². The highest BCUT2D eigenvalue weighted by Gasteiger charge is 2.40. The van der Waals surface area contributed by atoms with Crippen molar-refractivity contribution in [2.24, 2.45) is 22.4 Å². The Morgan fingerprint density at radius 2 is 1.29 bits per heavy atom. The zero-order valence-corrected chi connectivity index (χ0v) is 15.3. The van der Waals surface area contributed by atoms with Crippen molar-refractivity contribution in [2.75, 3.05) is 6.54 Å². The minimum absolute atomic E-state index is 0.188. The SMILES string of the molecule is NCC(=O)Oc1ccc(C(C(N)=NN)(c2ccccc2)c2ccccc2)cc1. The Morgan fingerprint density at radius 3 is 1.71 bits per heavy atom. The van der Waals surface area contributed by atoms with Crippen LogP contribution in [0.3, 0.4) is 0 Å². The Morgan fingerprint density at radius 1 is 0.821 bits per heavy atom. The van der Waals surface area contributed by atoms with Gasteiger partial charge >= 0.3 is 5.97 Å². The molecule has 0 aliphatic rings. The molecule has 0 fully saturated rings. The topological polar surface area (TPSA) is 117 Å². The van der Waals surface area contributed by atoms with Crippen molar-refractivity contribution in [1.82, 2.24) is 0 Å². The van der Waals surface area contributed by atoms with E-state index in [1.165, 1.54) is 0 Å². The van der Waals surface area contributed by atoms with Gasteiger partial charge < -0.3 is 22.0 Å². The summed E-state index contributed by atoms with van der Waals surface area (Å²) in [5.41, 5.74) is 13.5. The third kappa shape index (κ3) is 3.45. The van der Waals surface area contributed by atoms with Crippen LogP contribution in [0.5, 0.6) is 5.75 Å². The summed E-state index contributed by atoms with van der Waals surface area (Å²) >= 11 is 0. The van der Waals surface area contributed by atoms with Crippen LogP contribution in [0, 0.1) is 0 Å². The highest BCUT2D eigenvalue weighted by Crippen LogP contribution is 2.40. The van der Waals surface area contributed by atoms with Gasteiger partial charge in [-0.3, -0.25) is 4.79 Å². The van der Waals surface area contributed by atoms with Crippen LogP contribution in [-0.2, 0) is 10.2 Å². The standard InChI is InChI=1S/C22H22N4O2/c23-15-20(27)28-19-13-11-18(12-14-19)22(21(24)26-25,16-7-3-1-4-8-16)17-9-5-2-6-10-17/h1-14H,15,23,25H2,(H2,24,26). The van der Waals surface area contributed by atoms with Crippen LogP contribution in [0.15, 0.2) is 90.0 Å². The lowest BCUT2D eigenvalue weighted by Crippen LogP contribution is -2.44. The summed E-state index contributed by atoms with van der Waals surface area (Å²) in [7, 11) is 0. The molecule has 0 spiro atoms. The summed E-state index contributed by atoms with van der Waals surface area (Å²) in [4.78, 5) is 11.5. The van der Waals surface area contributed by atoms with E-state index in [1.807, 2.05) is 72.8 Å². The van der Waals surface area contributed by atoms with E-state index in [0.717, 1.165) is 16.7 Å². The van der Waals surface area contributed by atoms with Crippen molar-refractivity contribution >= 4 is 11.8 Å². The maximum Gasteiger partial charge on any atom is 0.325 e. The Balaban J connectivity index is 2.23. The van der Waals surface area contributed by atoms with Gasteiger partial charge in [0, 0.05) is 0 Å². The van der Waals surface area contributed by atoms with Crippen molar-refractivity contribution in [3.63, 3.8) is 0 Å². The first-order valence-corrected chi connectivity index (χ1v) is 8.79. The molecule has 142 valence electrons. The molecule has 0 aliphatic carbocycles. The molecule has 0 heterocycles. The molecule has 0 saturated heterocycles. The zero-order chi connectivity index (χ0) is 20.0. The Hall–Kier alpha value is -3.64. The number of esters is 1. The van der Waals surface area contributed by atoms with Crippen molar-refractivity contribution in [3.8, 4) is 5.75 Å². The number of ether oxygens (including phenoxy) is 1. The Bertz CT molecular complexity index is 915. The van der Waals surface area contributed by atoms with E-state index in [1.54, 1.807) is 12.1 Å². The number of hydrogen-bond acceptors (Lipinski definition) is 5. The van der Waals surface area contributed by atoms with Gasteiger partial charge in [0.15, 0.2) is 0 Å². The second-order valence-electron chi connectivity index (χ2n) is 6.20. The number of amidine groups is 1. The van der Waals surface area contributed by atoms with Crippen molar-refractivity contribution in [2.45, 2.75) is 5.41 Å². The maximum atomic E-state index is 11.5. The van der Waals surface area contributed by atoms with Crippen molar-refractivity contribution < 1.29 is 9.53 Å². The molecule has 0 aliphatic heterocycles. The number of nitrogens with two attached hydrogens (primary N) is 3. The molecule has 3 aromatic rings. The van der Waals surface area contributed by atoms with E-state index in [9.17, 15) is 4.79 Å². The van der Waals surface area contributed by atoms with Crippen LogP contribution < -0.4 is 22.0 Å². The van der Waals surface area contributed by atoms with E-state index in [-0.39, 0.29) is 12.4 Å². The molecular weight excluding hydrogens is 352 g/mol. The number of carbonyl (C=O) groups is 1. The van der Waals surface area contributed by atoms with E-state index < -0.39 is 11.4 Å². The van der Waals surface area contributed by atoms with Crippen molar-refractivity contribution in [1.29, 1.82) is 0 Å². The molecule has 0 saturated carbocycles. The van der Waals surface area contributed by atoms with Gasteiger partial charge in [0.1, 0.15) is 17.0 Å². The van der Waals surface area contributed by atoms with Crippen LogP contribution in [0.2, 0.25) is 0 Å². The first kappa shape index (κ1) is 19.1. The fraction of sp³-hybridized carbons (Fsp3) is 0.0909. The number of rotatable bonds is 6. The van der Waals surface area contributed by atoms with Crippen LogP contribution >= 0.6 is 0 Å². The van der Waals surface area contributed by atoms with Crippen LogP contribution in [0.4, 0.5) is 0 Å². The summed E-state index contributed by atoms with van der Waals surface area (Å²) < 4.78 is 5.18. The molecule has 0 unspecified atom stereocenters. The fourth-order valence-corrected chi connectivity index (χ4v) is 3.36. The average Bonchev–Trinajstić information content (AvgIpc) is 2.76. The van der Waals surface area contributed by atoms with Crippen LogP contribution in [0.1, 0.15) is 16.7 Å². The second-order valence-corrected chi connectivity index (χ2v) is 6.20. The summed E-state index contributed by atoms with van der Waals surface area (Å²) in [6, 6.07) is 26.6. The molecular formula is C22H22N4O2. The predicted molar refractivity (Wildman–Crippen MR) is 110 cm³/mol. The number of hydrazone groups is 1. The summed E-state index contributed by atoms with van der Waals surface area (Å²) in [5, 5.41) is 3.87. The van der Waals surface area contributed by atoms with Gasteiger partial charge in [-0.1, -0.05) is 72.8 Å². The molecule has 6 N–H and O–H groups in total. The first-order valence-electron chi connectivity index (χ1n) is 8.79. The number of carbonyl (C=O) groups excluding carboxylic acids is 1. The van der Waals surface area contributed by atoms with Gasteiger partial charge in [-0.25, -0.2) is 0 Å². The minimum Gasteiger partial charge on any atom is -0.426 e. The Labute approximate surface area is 163 Å². The normalized spacial score (nSPS) is 11.8. The fourth-order valence-electron chi connectivity index (χ4n) is 3.36. The highest BCUT2D eigenvalue weighted by atomic mass is 16.5. The molecule has 0 atom stereocenters. The molecule has 3 rings (SSSR count). The molecule has 0 bridgehead atoms. The lowest BCUT2D eigenvalue weighted by atomic mass is 9.68. The number of nitrogens with zero attached hydrogens (tertiary/aromatic N) is 1. The summed E-state index contributed by atoms with van der Waals surface area (Å²) in [5.74, 6) is 5.80. The minimum atomic E-state index is -0.895. The molecule has 0 amide bonds. The molecule has 6 nitrogen and oxygen atoms in total. The lowest BCUT2D eigenvalue weighted by Gasteiger charge is -2.35. The van der Waals surface area contributed by atoms with Gasteiger partial charge in [0.25, 0.3) is 0 Å². The largest absolute Gasteiger partial charge is 0.426 e. The number of hydrogen-bond donors (Lipinski definition) is 3. The van der Waals surface area contributed by atoms with E-state index in [2.05, 4.69) is 5.10 Å². The lowest BCUT2D eigenvalue weighted by molar-refractivity contribution is -0.132. The third-order valence-corrected chi connectivity index (χ3v) is 4.62. The monoisotopic (exact) mass is 374 g/mol. The van der Waals surface area contributed by atoms with E-state index >= 15 is 0 Å². The van der Waals surface area contributed by atoms with Gasteiger partial charge in [-0.15, -0.1) is 0 Å². The maximum absolute atomic E-state index is 11.5. The number of benzene rings is 3. The van der Waals surface area contributed by atoms with Crippen LogP contribution in [0.25, 0.3) is 0 Å². The molecule has 28 heavy (non-hydrogen) atoms. The molecule has 3 aromatic carbocycles. The molecule has 6 heteroatoms. The Kier molecular flexibility index (Phi) is 5.72.